The van der Waals surface area contributed by atoms with Gasteiger partial charge in [-0.1, -0.05) is 6.92 Å². The van der Waals surface area contributed by atoms with Crippen molar-refractivity contribution in [3.63, 3.8) is 0 Å². The molecule has 1 aromatic rings. The monoisotopic (exact) mass is 279 g/mol. The second-order valence-corrected chi connectivity index (χ2v) is 6.82. The molecule has 0 N–H and O–H groups in total. The number of thiophene rings is 1. The SMILES string of the molecule is COc1c(C(=O)N2CCCC(C)C2)sc2c1CCC2. The Morgan fingerprint density at radius 3 is 2.95 bits per heavy atom. The van der Waals surface area contributed by atoms with Gasteiger partial charge in [-0.15, -0.1) is 11.3 Å². The molecule has 3 nitrogen and oxygen atoms in total. The van der Waals surface area contributed by atoms with Crippen LogP contribution in [0.3, 0.4) is 0 Å². The molecule has 1 fully saturated rings. The summed E-state index contributed by atoms with van der Waals surface area (Å²) in [5, 5.41) is 0. The van der Waals surface area contributed by atoms with Gasteiger partial charge < -0.3 is 9.64 Å². The minimum atomic E-state index is 0.183. The van der Waals surface area contributed by atoms with Crippen LogP contribution < -0.4 is 4.74 Å². The molecule has 1 unspecified atom stereocenters. The molecule has 0 spiro atoms. The van der Waals surface area contributed by atoms with Crippen molar-refractivity contribution in [2.45, 2.75) is 39.0 Å². The largest absolute Gasteiger partial charge is 0.495 e. The van der Waals surface area contributed by atoms with Crippen LogP contribution in [-0.2, 0) is 12.8 Å². The quantitative estimate of drug-likeness (QED) is 0.832. The Bertz CT molecular complexity index is 495. The van der Waals surface area contributed by atoms with Gasteiger partial charge in [0, 0.05) is 23.5 Å². The van der Waals surface area contributed by atoms with Gasteiger partial charge >= 0.3 is 0 Å². The van der Waals surface area contributed by atoms with E-state index in [1.54, 1.807) is 18.4 Å². The Morgan fingerprint density at radius 2 is 2.21 bits per heavy atom. The van der Waals surface area contributed by atoms with E-state index in [0.29, 0.717) is 5.92 Å². The van der Waals surface area contributed by atoms with Gasteiger partial charge in [0.25, 0.3) is 5.91 Å². The molecule has 0 bridgehead atoms. The summed E-state index contributed by atoms with van der Waals surface area (Å²) in [7, 11) is 1.69. The lowest BCUT2D eigenvalue weighted by molar-refractivity contribution is 0.0685. The van der Waals surface area contributed by atoms with Gasteiger partial charge in [-0.05, 0) is 38.0 Å². The molecule has 1 atom stereocenters. The highest BCUT2D eigenvalue weighted by Gasteiger charge is 2.30. The third kappa shape index (κ3) is 2.27. The maximum atomic E-state index is 12.7. The van der Waals surface area contributed by atoms with Gasteiger partial charge in [0.2, 0.25) is 0 Å². The summed E-state index contributed by atoms with van der Waals surface area (Å²) in [6.45, 7) is 4.02. The maximum Gasteiger partial charge on any atom is 0.267 e. The van der Waals surface area contributed by atoms with Gasteiger partial charge in [-0.2, -0.15) is 0 Å². The van der Waals surface area contributed by atoms with Crippen LogP contribution >= 0.6 is 11.3 Å². The Balaban J connectivity index is 1.87. The molecule has 1 aliphatic carbocycles. The fourth-order valence-corrected chi connectivity index (χ4v) is 4.58. The van der Waals surface area contributed by atoms with E-state index in [2.05, 4.69) is 6.92 Å². The number of ether oxygens (including phenoxy) is 1. The number of fused-ring (bicyclic) bond motifs is 1. The first kappa shape index (κ1) is 13.0. The zero-order valence-corrected chi connectivity index (χ0v) is 12.5. The zero-order valence-electron chi connectivity index (χ0n) is 11.7. The highest BCUT2D eigenvalue weighted by atomic mass is 32.1. The lowest BCUT2D eigenvalue weighted by Crippen LogP contribution is -2.38. The summed E-state index contributed by atoms with van der Waals surface area (Å²) >= 11 is 1.66. The highest BCUT2D eigenvalue weighted by Crippen LogP contribution is 2.41. The number of aryl methyl sites for hydroxylation is 1. The summed E-state index contributed by atoms with van der Waals surface area (Å²) in [6, 6.07) is 0. The van der Waals surface area contributed by atoms with Crippen LogP contribution in [0.4, 0.5) is 0 Å². The molecule has 2 aliphatic rings. The topological polar surface area (TPSA) is 29.5 Å². The molecule has 1 amide bonds. The van der Waals surface area contributed by atoms with Crippen LogP contribution in [0.15, 0.2) is 0 Å². The minimum Gasteiger partial charge on any atom is -0.495 e. The summed E-state index contributed by atoms with van der Waals surface area (Å²) in [5.74, 6) is 1.67. The summed E-state index contributed by atoms with van der Waals surface area (Å²) in [6.07, 6.45) is 5.74. The van der Waals surface area contributed by atoms with Crippen LogP contribution in [0.25, 0.3) is 0 Å². The number of methoxy groups -OCH3 is 1. The molecule has 0 aromatic carbocycles. The molecular formula is C15H21NO2S. The Morgan fingerprint density at radius 1 is 1.37 bits per heavy atom. The van der Waals surface area contributed by atoms with E-state index in [1.165, 1.54) is 23.3 Å². The second-order valence-electron chi connectivity index (χ2n) is 5.72. The molecular weight excluding hydrogens is 258 g/mol. The molecule has 0 saturated carbocycles. The average Bonchev–Trinajstić information content (AvgIpc) is 2.97. The number of likely N-dealkylation sites (tertiary alicyclic amines) is 1. The zero-order chi connectivity index (χ0) is 13.4. The molecule has 3 rings (SSSR count). The average molecular weight is 279 g/mol. The van der Waals surface area contributed by atoms with Crippen LogP contribution in [0.1, 0.15) is 46.3 Å². The van der Waals surface area contributed by atoms with Crippen LogP contribution in [-0.4, -0.2) is 31.0 Å². The van der Waals surface area contributed by atoms with E-state index < -0.39 is 0 Å². The smallest absolute Gasteiger partial charge is 0.267 e. The predicted molar refractivity (Wildman–Crippen MR) is 77.2 cm³/mol. The molecule has 4 heteroatoms. The third-order valence-electron chi connectivity index (χ3n) is 4.22. The number of carbonyl (C=O) groups excluding carboxylic acids is 1. The van der Waals surface area contributed by atoms with Crippen LogP contribution in [0.2, 0.25) is 0 Å². The number of rotatable bonds is 2. The number of nitrogens with zero attached hydrogens (tertiary/aromatic N) is 1. The third-order valence-corrected chi connectivity index (χ3v) is 5.48. The fourth-order valence-electron chi connectivity index (χ4n) is 3.25. The Hall–Kier alpha value is -1.03. The first-order chi connectivity index (χ1) is 9.20. The Labute approximate surface area is 118 Å². The lowest BCUT2D eigenvalue weighted by Gasteiger charge is -2.30. The van der Waals surface area contributed by atoms with Crippen molar-refractivity contribution in [1.82, 2.24) is 4.90 Å². The van der Waals surface area contributed by atoms with Crippen molar-refractivity contribution >= 4 is 17.2 Å². The van der Waals surface area contributed by atoms with Crippen LogP contribution in [0.5, 0.6) is 5.75 Å². The molecule has 1 aromatic heterocycles. The maximum absolute atomic E-state index is 12.7. The normalized spacial score (nSPS) is 22.4. The number of amides is 1. The van der Waals surface area contributed by atoms with Crippen molar-refractivity contribution < 1.29 is 9.53 Å². The predicted octanol–water partition coefficient (Wildman–Crippen LogP) is 3.12. The van der Waals surface area contributed by atoms with E-state index in [-0.39, 0.29) is 5.91 Å². The fraction of sp³-hybridized carbons (Fsp3) is 0.667. The van der Waals surface area contributed by atoms with Crippen molar-refractivity contribution in [3.8, 4) is 5.75 Å². The van der Waals surface area contributed by atoms with Gasteiger partial charge in [0.1, 0.15) is 10.6 Å². The first-order valence-electron chi connectivity index (χ1n) is 7.18. The first-order valence-corrected chi connectivity index (χ1v) is 8.00. The van der Waals surface area contributed by atoms with Crippen LogP contribution in [0, 0.1) is 5.92 Å². The number of carbonyl (C=O) groups is 1. The van der Waals surface area contributed by atoms with E-state index in [0.717, 1.165) is 43.0 Å². The number of hydrogen-bond acceptors (Lipinski definition) is 3. The Kier molecular flexibility index (Phi) is 3.52. The van der Waals surface area contributed by atoms with Crippen molar-refractivity contribution in [1.29, 1.82) is 0 Å². The van der Waals surface area contributed by atoms with Crippen molar-refractivity contribution in [3.05, 3.63) is 15.3 Å². The standard InChI is InChI=1S/C15H21NO2S/c1-10-5-4-8-16(9-10)15(17)14-13(18-2)11-6-3-7-12(11)19-14/h10H,3-9H2,1-2H3. The van der Waals surface area contributed by atoms with Crippen molar-refractivity contribution in [2.75, 3.05) is 20.2 Å². The second kappa shape index (κ2) is 5.16. The lowest BCUT2D eigenvalue weighted by atomic mass is 10.00. The minimum absolute atomic E-state index is 0.183. The van der Waals surface area contributed by atoms with Gasteiger partial charge in [0.05, 0.1) is 7.11 Å². The van der Waals surface area contributed by atoms with E-state index >= 15 is 0 Å². The molecule has 1 saturated heterocycles. The molecule has 19 heavy (non-hydrogen) atoms. The van der Waals surface area contributed by atoms with Crippen molar-refractivity contribution in [2.24, 2.45) is 5.92 Å². The molecule has 1 aliphatic heterocycles. The summed E-state index contributed by atoms with van der Waals surface area (Å²) in [5.41, 5.74) is 1.29. The van der Waals surface area contributed by atoms with E-state index in [9.17, 15) is 4.79 Å². The van der Waals surface area contributed by atoms with Gasteiger partial charge in [0.15, 0.2) is 0 Å². The summed E-state index contributed by atoms with van der Waals surface area (Å²) < 4.78 is 5.53. The molecule has 0 radical (unpaired) electrons. The van der Waals surface area contributed by atoms with Gasteiger partial charge in [-0.25, -0.2) is 0 Å². The summed E-state index contributed by atoms with van der Waals surface area (Å²) in [4.78, 5) is 16.9. The van der Waals surface area contributed by atoms with E-state index in [4.69, 9.17) is 4.74 Å². The number of hydrogen-bond donors (Lipinski definition) is 0. The number of piperidine rings is 1. The van der Waals surface area contributed by atoms with Gasteiger partial charge in [-0.3, -0.25) is 4.79 Å². The van der Waals surface area contributed by atoms with E-state index in [1.807, 2.05) is 4.90 Å². The molecule has 104 valence electrons. The highest BCUT2D eigenvalue weighted by molar-refractivity contribution is 7.14. The molecule has 2 heterocycles.